The van der Waals surface area contributed by atoms with Gasteiger partial charge >= 0.3 is 5.82 Å². The van der Waals surface area contributed by atoms with Crippen LogP contribution in [-0.2, 0) is 0 Å². The van der Waals surface area contributed by atoms with E-state index in [-0.39, 0.29) is 11.6 Å². The Morgan fingerprint density at radius 1 is 1.67 bits per heavy atom. The maximum absolute atomic E-state index is 6.73. The minimum atomic E-state index is 0.158. The molecule has 1 aromatic heterocycles. The summed E-state index contributed by atoms with van der Waals surface area (Å²) in [5, 5.41) is 0. The predicted octanol–water partition coefficient (Wildman–Crippen LogP) is 1.64. The van der Waals surface area contributed by atoms with Crippen molar-refractivity contribution in [3.63, 3.8) is 0 Å². The van der Waals surface area contributed by atoms with Gasteiger partial charge in [-0.3, -0.25) is 0 Å². The summed E-state index contributed by atoms with van der Waals surface area (Å²) in [7, 11) is 0. The summed E-state index contributed by atoms with van der Waals surface area (Å²) < 4.78 is 0. The van der Waals surface area contributed by atoms with E-state index >= 15 is 0 Å². The van der Waals surface area contributed by atoms with Gasteiger partial charge in [-0.25, -0.2) is 4.98 Å². The van der Waals surface area contributed by atoms with Crippen molar-refractivity contribution < 1.29 is 0 Å². The third-order valence-corrected chi connectivity index (χ3v) is 1.24. The van der Waals surface area contributed by atoms with Crippen LogP contribution >= 0.6 is 0 Å². The normalized spacial score (nSPS) is 10.0. The van der Waals surface area contributed by atoms with Crippen LogP contribution in [0.1, 0.15) is 12.6 Å². The molecule has 0 aliphatic rings. The molecule has 0 atom stereocenters. The molecule has 0 radical (unpaired) electrons. The van der Waals surface area contributed by atoms with E-state index < -0.39 is 0 Å². The lowest BCUT2D eigenvalue weighted by molar-refractivity contribution is 1.21. The van der Waals surface area contributed by atoms with Gasteiger partial charge in [0, 0.05) is 0 Å². The molecule has 0 aliphatic heterocycles. The largest absolute Gasteiger partial charge is 0.391 e. The highest BCUT2D eigenvalue weighted by Gasteiger charge is 2.02. The number of rotatable bonds is 1. The van der Waals surface area contributed by atoms with Crippen molar-refractivity contribution in [2.24, 2.45) is 0 Å². The van der Waals surface area contributed by atoms with Crippen molar-refractivity contribution in [3.8, 4) is 0 Å². The van der Waals surface area contributed by atoms with Gasteiger partial charge in [0.25, 0.3) is 0 Å². The van der Waals surface area contributed by atoms with Gasteiger partial charge in [-0.2, -0.15) is 0 Å². The zero-order valence-electron chi connectivity index (χ0n) is 6.65. The number of hydrogen-bond acceptors (Lipinski definition) is 3. The second kappa shape index (κ2) is 3.49. The van der Waals surface area contributed by atoms with Gasteiger partial charge < -0.3 is 10.6 Å². The molecule has 0 fully saturated rings. The fourth-order valence-corrected chi connectivity index (χ4v) is 0.735. The molecular weight excluding hydrogens is 152 g/mol. The van der Waals surface area contributed by atoms with Crippen molar-refractivity contribution in [2.45, 2.75) is 6.92 Å². The standard InChI is InChI=1S/C8H8N4/c1-3-4-6-5-11-7(9)8(10-2)12-6/h3-5H,1H3,(H2,9,11)/b4-3+. The molecule has 1 rings (SSSR count). The van der Waals surface area contributed by atoms with Crippen molar-refractivity contribution in [1.82, 2.24) is 9.97 Å². The summed E-state index contributed by atoms with van der Waals surface area (Å²) in [6.07, 6.45) is 5.12. The van der Waals surface area contributed by atoms with E-state index in [4.69, 9.17) is 12.3 Å². The van der Waals surface area contributed by atoms with E-state index in [1.807, 2.05) is 13.0 Å². The van der Waals surface area contributed by atoms with Crippen LogP contribution in [0, 0.1) is 6.57 Å². The maximum Gasteiger partial charge on any atom is 0.312 e. The van der Waals surface area contributed by atoms with Gasteiger partial charge in [0.15, 0.2) is 5.69 Å². The summed E-state index contributed by atoms with van der Waals surface area (Å²) in [4.78, 5) is 10.9. The molecule has 0 bridgehead atoms. The lowest BCUT2D eigenvalue weighted by atomic mass is 10.4. The van der Waals surface area contributed by atoms with Crippen LogP contribution in [-0.4, -0.2) is 9.97 Å². The van der Waals surface area contributed by atoms with Crippen LogP contribution < -0.4 is 5.73 Å². The van der Waals surface area contributed by atoms with Crippen LogP contribution in [0.3, 0.4) is 0 Å². The summed E-state index contributed by atoms with van der Waals surface area (Å²) in [5.41, 5.74) is 6.04. The first kappa shape index (κ1) is 8.21. The molecule has 0 aromatic carbocycles. The summed E-state index contributed by atoms with van der Waals surface area (Å²) in [6.45, 7) is 8.60. The van der Waals surface area contributed by atoms with Gasteiger partial charge in [0.05, 0.1) is 6.20 Å². The number of aromatic nitrogens is 2. The van der Waals surface area contributed by atoms with Gasteiger partial charge in [-0.05, 0) is 13.0 Å². The third kappa shape index (κ3) is 1.58. The molecule has 0 saturated heterocycles. The van der Waals surface area contributed by atoms with E-state index in [9.17, 15) is 0 Å². The number of allylic oxidation sites excluding steroid dienone is 1. The zero-order chi connectivity index (χ0) is 8.97. The van der Waals surface area contributed by atoms with Crippen molar-refractivity contribution >= 4 is 17.7 Å². The monoisotopic (exact) mass is 160 g/mol. The highest BCUT2D eigenvalue weighted by molar-refractivity contribution is 5.59. The molecule has 0 amide bonds. The summed E-state index contributed by atoms with van der Waals surface area (Å²) >= 11 is 0. The zero-order valence-corrected chi connectivity index (χ0v) is 6.65. The van der Waals surface area contributed by atoms with Crippen LogP contribution in [0.2, 0.25) is 0 Å². The SMILES string of the molecule is [C-]#[N+]c1nc(/C=C/C)cnc1N. The Labute approximate surface area is 70.6 Å². The van der Waals surface area contributed by atoms with Gasteiger partial charge in [-0.15, -0.1) is 4.98 Å². The third-order valence-electron chi connectivity index (χ3n) is 1.24. The van der Waals surface area contributed by atoms with E-state index in [1.54, 1.807) is 6.08 Å². The van der Waals surface area contributed by atoms with Gasteiger partial charge in [-0.1, -0.05) is 12.6 Å². The van der Waals surface area contributed by atoms with Crippen molar-refractivity contribution in [1.29, 1.82) is 0 Å². The Morgan fingerprint density at radius 3 is 3.00 bits per heavy atom. The first-order valence-corrected chi connectivity index (χ1v) is 3.40. The van der Waals surface area contributed by atoms with Gasteiger partial charge in [0.2, 0.25) is 0 Å². The smallest absolute Gasteiger partial charge is 0.312 e. The number of nitrogens with zero attached hydrogens (tertiary/aromatic N) is 3. The lowest BCUT2D eigenvalue weighted by Gasteiger charge is -1.93. The van der Waals surface area contributed by atoms with Crippen molar-refractivity contribution in [2.75, 3.05) is 5.73 Å². The summed E-state index contributed by atoms with van der Waals surface area (Å²) in [5.74, 6) is 0.337. The number of anilines is 1. The number of nitrogen functional groups attached to an aromatic ring is 1. The molecule has 0 saturated carbocycles. The molecule has 60 valence electrons. The molecule has 0 unspecified atom stereocenters. The fourth-order valence-electron chi connectivity index (χ4n) is 0.735. The average molecular weight is 160 g/mol. The Morgan fingerprint density at radius 2 is 2.42 bits per heavy atom. The highest BCUT2D eigenvalue weighted by Crippen LogP contribution is 2.15. The molecule has 12 heavy (non-hydrogen) atoms. The second-order valence-electron chi connectivity index (χ2n) is 2.12. The quantitative estimate of drug-likeness (QED) is 0.635. The van der Waals surface area contributed by atoms with Crippen LogP contribution in [0.5, 0.6) is 0 Å². The molecule has 0 spiro atoms. The van der Waals surface area contributed by atoms with Crippen LogP contribution in [0.15, 0.2) is 12.3 Å². The highest BCUT2D eigenvalue weighted by atomic mass is 15.0. The fraction of sp³-hybridized carbons (Fsp3) is 0.125. The lowest BCUT2D eigenvalue weighted by Crippen LogP contribution is -1.93. The molecule has 0 aliphatic carbocycles. The number of hydrogen-bond donors (Lipinski definition) is 1. The minimum absolute atomic E-state index is 0.158. The first-order valence-electron chi connectivity index (χ1n) is 3.40. The van der Waals surface area contributed by atoms with Crippen molar-refractivity contribution in [3.05, 3.63) is 29.4 Å². The molecule has 1 aromatic rings. The second-order valence-corrected chi connectivity index (χ2v) is 2.12. The average Bonchev–Trinajstić information content (AvgIpc) is 2.09. The minimum Gasteiger partial charge on any atom is -0.391 e. The molecule has 2 N–H and O–H groups in total. The predicted molar refractivity (Wildman–Crippen MR) is 47.4 cm³/mol. The van der Waals surface area contributed by atoms with Crippen LogP contribution in [0.4, 0.5) is 11.6 Å². The number of nitrogens with two attached hydrogens (primary N) is 1. The maximum atomic E-state index is 6.73. The molecule has 4 heteroatoms. The Balaban J connectivity index is 3.16. The molecular formula is C8H8N4. The van der Waals surface area contributed by atoms with E-state index in [1.165, 1.54) is 6.20 Å². The topological polar surface area (TPSA) is 56.2 Å². The first-order chi connectivity index (χ1) is 5.77. The van der Waals surface area contributed by atoms with E-state index in [2.05, 4.69) is 14.8 Å². The Kier molecular flexibility index (Phi) is 2.38. The Hall–Kier alpha value is -1.89. The summed E-state index contributed by atoms with van der Waals surface area (Å²) in [6, 6.07) is 0. The van der Waals surface area contributed by atoms with E-state index in [0.29, 0.717) is 5.69 Å². The molecule has 4 nitrogen and oxygen atoms in total. The Bertz CT molecular complexity index is 349. The van der Waals surface area contributed by atoms with Crippen LogP contribution in [0.25, 0.3) is 10.9 Å². The van der Waals surface area contributed by atoms with E-state index in [0.717, 1.165) is 0 Å². The van der Waals surface area contributed by atoms with Gasteiger partial charge in [0.1, 0.15) is 5.82 Å². The molecule has 1 heterocycles.